The highest BCUT2D eigenvalue weighted by atomic mass is 16.2. The van der Waals surface area contributed by atoms with E-state index in [1.54, 1.807) is 13.0 Å². The summed E-state index contributed by atoms with van der Waals surface area (Å²) in [5, 5.41) is 3.56. The number of amides is 3. The molecule has 0 aromatic heterocycles. The molecule has 0 aromatic carbocycles. The number of allylic oxidation sites excluding steroid dienone is 1. The summed E-state index contributed by atoms with van der Waals surface area (Å²) in [4.78, 5) is 34.9. The molecule has 3 amide bonds. The quantitative estimate of drug-likeness (QED) is 0.318. The minimum atomic E-state index is -0.261. The summed E-state index contributed by atoms with van der Waals surface area (Å²) >= 11 is 0. The lowest BCUT2D eigenvalue weighted by molar-refractivity contribution is -0.136. The highest BCUT2D eigenvalue weighted by Crippen LogP contribution is 2.07. The molecule has 1 aliphatic heterocycles. The van der Waals surface area contributed by atoms with Gasteiger partial charge in [0.1, 0.15) is 0 Å². The Balaban J connectivity index is 2.08. The predicted octanol–water partition coefficient (Wildman–Crippen LogP) is 0.749. The summed E-state index contributed by atoms with van der Waals surface area (Å²) in [5.41, 5.74) is 2.34. The van der Waals surface area contributed by atoms with Crippen LogP contribution in [0.2, 0.25) is 0 Å². The largest absolute Gasteiger partial charge is 0.275 e. The third kappa shape index (κ3) is 5.31. The van der Waals surface area contributed by atoms with Crippen molar-refractivity contribution in [3.8, 4) is 0 Å². The summed E-state index contributed by atoms with van der Waals surface area (Å²) in [5.74, 6) is 1.82. The molecule has 0 bridgehead atoms. The summed E-state index contributed by atoms with van der Waals surface area (Å²) < 4.78 is 0. The average molecular weight is 263 g/mol. The first-order valence-electron chi connectivity index (χ1n) is 6.20. The van der Waals surface area contributed by atoms with Crippen LogP contribution in [-0.2, 0) is 14.4 Å². The Hall–Kier alpha value is -2.20. The van der Waals surface area contributed by atoms with Crippen LogP contribution in [0.3, 0.4) is 0 Å². The summed E-state index contributed by atoms with van der Waals surface area (Å²) in [6.45, 7) is 2.16. The van der Waals surface area contributed by atoms with Gasteiger partial charge >= 0.3 is 0 Å². The van der Waals surface area contributed by atoms with Crippen LogP contribution in [0, 0.1) is 0 Å². The number of carbonyl (C=O) groups excluding carboxylic acids is 3. The fourth-order valence-corrected chi connectivity index (χ4v) is 1.60. The molecule has 1 heterocycles. The average Bonchev–Trinajstić information content (AvgIpc) is 2.70. The lowest BCUT2D eigenvalue weighted by Crippen LogP contribution is -2.30. The molecule has 6 nitrogen and oxygen atoms in total. The Kier molecular flexibility index (Phi) is 6.26. The number of nitrogens with one attached hydrogen (secondary N) is 1. The van der Waals surface area contributed by atoms with Crippen molar-refractivity contribution in [2.75, 3.05) is 6.54 Å². The van der Waals surface area contributed by atoms with Crippen LogP contribution in [0.25, 0.3) is 0 Å². The van der Waals surface area contributed by atoms with E-state index in [9.17, 15) is 14.4 Å². The molecule has 1 aliphatic rings. The molecule has 0 unspecified atom stereocenters. The van der Waals surface area contributed by atoms with Crippen molar-refractivity contribution < 1.29 is 14.4 Å². The molecule has 0 aliphatic carbocycles. The van der Waals surface area contributed by atoms with Crippen LogP contribution < -0.4 is 5.43 Å². The molecular weight excluding hydrogens is 246 g/mol. The van der Waals surface area contributed by atoms with E-state index in [4.69, 9.17) is 0 Å². The molecule has 1 N–H and O–H groups in total. The molecule has 102 valence electrons. The van der Waals surface area contributed by atoms with E-state index in [0.717, 1.165) is 6.42 Å². The fraction of sp³-hybridized carbons (Fsp3) is 0.462. The van der Waals surface area contributed by atoms with Gasteiger partial charge in [-0.15, -0.1) is 5.10 Å². The normalized spacial score (nSPS) is 13.4. The molecule has 1 rings (SSSR count). The van der Waals surface area contributed by atoms with Gasteiger partial charge in [0.05, 0.1) is 0 Å². The first kappa shape index (κ1) is 14.9. The second-order valence-corrected chi connectivity index (χ2v) is 4.04. The van der Waals surface area contributed by atoms with Gasteiger partial charge in [-0.25, -0.2) is 5.43 Å². The van der Waals surface area contributed by atoms with Crippen LogP contribution >= 0.6 is 0 Å². The van der Waals surface area contributed by atoms with Crippen molar-refractivity contribution >= 4 is 23.6 Å². The van der Waals surface area contributed by atoms with Gasteiger partial charge in [0.2, 0.25) is 5.91 Å². The van der Waals surface area contributed by atoms with Gasteiger partial charge in [-0.1, -0.05) is 6.42 Å². The Morgan fingerprint density at radius 3 is 2.63 bits per heavy atom. The topological polar surface area (TPSA) is 78.8 Å². The minimum Gasteiger partial charge on any atom is -0.275 e. The Bertz CT molecular complexity index is 430. The van der Waals surface area contributed by atoms with Gasteiger partial charge in [0.15, 0.2) is 0 Å². The molecule has 6 heteroatoms. The standard InChI is InChI=1S/C13H17N3O3/c1-2-9-14-15-11(17)6-4-3-5-10-16-12(18)7-8-13(16)19/h2,7-8H,3-6,10H2,1H3,(H,15,17). The Labute approximate surface area is 111 Å². The van der Waals surface area contributed by atoms with Crippen molar-refractivity contribution in [2.24, 2.45) is 5.10 Å². The van der Waals surface area contributed by atoms with Gasteiger partial charge in [0, 0.05) is 31.0 Å². The van der Waals surface area contributed by atoms with Crippen molar-refractivity contribution in [1.29, 1.82) is 0 Å². The zero-order valence-corrected chi connectivity index (χ0v) is 10.9. The van der Waals surface area contributed by atoms with Crippen LogP contribution in [0.4, 0.5) is 0 Å². The van der Waals surface area contributed by atoms with Gasteiger partial charge < -0.3 is 0 Å². The molecule has 0 spiro atoms. The first-order valence-corrected chi connectivity index (χ1v) is 6.20. The van der Waals surface area contributed by atoms with E-state index in [2.05, 4.69) is 16.4 Å². The predicted molar refractivity (Wildman–Crippen MR) is 70.1 cm³/mol. The van der Waals surface area contributed by atoms with Crippen LogP contribution in [0.5, 0.6) is 0 Å². The van der Waals surface area contributed by atoms with E-state index < -0.39 is 0 Å². The number of hydrogen-bond donors (Lipinski definition) is 1. The maximum atomic E-state index is 11.3. The van der Waals surface area contributed by atoms with Crippen LogP contribution in [0.15, 0.2) is 23.3 Å². The second-order valence-electron chi connectivity index (χ2n) is 4.04. The molecule has 0 aromatic rings. The second kappa shape index (κ2) is 8.00. The van der Waals surface area contributed by atoms with Crippen molar-refractivity contribution in [2.45, 2.75) is 32.6 Å². The number of nitrogens with zero attached hydrogens (tertiary/aromatic N) is 2. The van der Waals surface area contributed by atoms with Crippen molar-refractivity contribution in [3.05, 3.63) is 18.2 Å². The molecule has 0 fully saturated rings. The number of rotatable bonds is 7. The maximum Gasteiger partial charge on any atom is 0.253 e. The monoisotopic (exact) mass is 263 g/mol. The molecular formula is C13H17N3O3. The van der Waals surface area contributed by atoms with Crippen molar-refractivity contribution in [1.82, 2.24) is 10.3 Å². The fourth-order valence-electron chi connectivity index (χ4n) is 1.60. The highest BCUT2D eigenvalue weighted by molar-refractivity contribution is 6.12. The lowest BCUT2D eigenvalue weighted by atomic mass is 10.2. The lowest BCUT2D eigenvalue weighted by Gasteiger charge is -2.12. The minimum absolute atomic E-state index is 0.163. The van der Waals surface area contributed by atoms with Crippen LogP contribution in [0.1, 0.15) is 32.6 Å². The number of carbonyl (C=O) groups is 3. The van der Waals surface area contributed by atoms with Gasteiger partial charge in [-0.2, -0.15) is 0 Å². The molecule has 0 saturated heterocycles. The number of imide groups is 1. The summed E-state index contributed by atoms with van der Waals surface area (Å²) in [6, 6.07) is 0. The third-order valence-electron chi connectivity index (χ3n) is 2.56. The third-order valence-corrected chi connectivity index (χ3v) is 2.56. The Morgan fingerprint density at radius 1 is 1.32 bits per heavy atom. The zero-order valence-electron chi connectivity index (χ0n) is 10.9. The van der Waals surface area contributed by atoms with Crippen molar-refractivity contribution in [3.63, 3.8) is 0 Å². The zero-order chi connectivity index (χ0) is 14.1. The number of unbranched alkanes of at least 4 members (excludes halogenated alkanes) is 2. The summed E-state index contributed by atoms with van der Waals surface area (Å²) in [7, 11) is 0. The van der Waals surface area contributed by atoms with E-state index in [-0.39, 0.29) is 17.7 Å². The number of hydrazone groups is 1. The van der Waals surface area contributed by atoms with Gasteiger partial charge in [-0.3, -0.25) is 19.3 Å². The molecule has 0 radical (unpaired) electrons. The molecule has 0 atom stereocenters. The Morgan fingerprint density at radius 2 is 2.00 bits per heavy atom. The smallest absolute Gasteiger partial charge is 0.253 e. The molecule has 0 saturated carbocycles. The van der Waals surface area contributed by atoms with E-state index in [1.807, 2.05) is 0 Å². The maximum absolute atomic E-state index is 11.3. The highest BCUT2D eigenvalue weighted by Gasteiger charge is 2.22. The van der Waals surface area contributed by atoms with Gasteiger partial charge in [-0.05, 0) is 25.8 Å². The van der Waals surface area contributed by atoms with E-state index >= 15 is 0 Å². The van der Waals surface area contributed by atoms with E-state index in [1.165, 1.54) is 17.1 Å². The molecule has 19 heavy (non-hydrogen) atoms. The van der Waals surface area contributed by atoms with Crippen LogP contribution in [-0.4, -0.2) is 35.0 Å². The SMILES string of the molecule is CC=C=NNC(=O)CCCCCN1C(=O)C=CC1=O. The summed E-state index contributed by atoms with van der Waals surface area (Å²) in [6.07, 6.45) is 6.68. The van der Waals surface area contributed by atoms with E-state index in [0.29, 0.717) is 25.8 Å². The van der Waals surface area contributed by atoms with Gasteiger partial charge in [0.25, 0.3) is 11.8 Å². The number of hydrogen-bond acceptors (Lipinski definition) is 4. The first-order chi connectivity index (χ1) is 9.15.